The van der Waals surface area contributed by atoms with Crippen molar-refractivity contribution < 1.29 is 62.6 Å². The Morgan fingerprint density at radius 3 is 1.61 bits per heavy atom. The molecule has 0 bridgehead atoms. The van der Waals surface area contributed by atoms with Gasteiger partial charge in [-0.05, 0) is 99.2 Å². The molecular formula is C55H79N17O13. The average Bonchev–Trinajstić information content (AvgIpc) is 3.99. The van der Waals surface area contributed by atoms with Gasteiger partial charge in [-0.15, -0.1) is 0 Å². The Morgan fingerprint density at radius 2 is 1.06 bits per heavy atom. The van der Waals surface area contributed by atoms with Crippen LogP contribution in [0.2, 0.25) is 0 Å². The van der Waals surface area contributed by atoms with Crippen LogP contribution in [0.25, 0.3) is 0 Å². The van der Waals surface area contributed by atoms with Gasteiger partial charge in [-0.3, -0.25) is 53.1 Å². The lowest BCUT2D eigenvalue weighted by Gasteiger charge is -2.31. The minimum absolute atomic E-state index is 0.0171. The van der Waals surface area contributed by atoms with Gasteiger partial charge in [-0.1, -0.05) is 54.6 Å². The number of hydrogen-bond acceptors (Lipinski definition) is 16. The number of nitrogens with two attached hydrogens (primary N) is 8. The molecule has 85 heavy (non-hydrogen) atoms. The van der Waals surface area contributed by atoms with E-state index in [1.807, 2.05) is 6.92 Å². The summed E-state index contributed by atoms with van der Waals surface area (Å²) < 4.78 is 5.49. The fourth-order valence-corrected chi connectivity index (χ4v) is 9.07. The smallest absolute Gasteiger partial charge is 0.326 e. The van der Waals surface area contributed by atoms with Gasteiger partial charge in [0.05, 0.1) is 19.1 Å². The number of nitrogens with one attached hydrogen (secondary N) is 6. The predicted octanol–water partition coefficient (Wildman–Crippen LogP) is -4.07. The van der Waals surface area contributed by atoms with E-state index in [2.05, 4.69) is 46.7 Å². The van der Waals surface area contributed by atoms with Gasteiger partial charge >= 0.3 is 5.97 Å². The first-order valence-electron chi connectivity index (χ1n) is 27.5. The molecule has 0 saturated carbocycles. The number of benzene rings is 3. The van der Waals surface area contributed by atoms with Crippen LogP contribution in [-0.2, 0) is 67.2 Å². The summed E-state index contributed by atoms with van der Waals surface area (Å²) in [6.45, 7) is 2.27. The maximum atomic E-state index is 14.7. The number of nitrogens with zero attached hydrogens (tertiary/aromatic N) is 3. The van der Waals surface area contributed by atoms with Crippen LogP contribution in [0.5, 0.6) is 11.5 Å². The van der Waals surface area contributed by atoms with E-state index in [1.165, 1.54) is 17.0 Å². The number of likely N-dealkylation sites (tertiary alicyclic amines) is 1. The number of carboxylic acid groups (broad SMARTS) is 1. The molecule has 1 saturated heterocycles. The molecule has 0 spiro atoms. The van der Waals surface area contributed by atoms with E-state index in [1.54, 1.807) is 66.7 Å². The predicted molar refractivity (Wildman–Crippen MR) is 310 cm³/mol. The molecule has 3 aromatic carbocycles. The molecule has 23 N–H and O–H groups in total. The van der Waals surface area contributed by atoms with E-state index in [0.717, 1.165) is 0 Å². The number of rotatable bonds is 36. The first-order valence-corrected chi connectivity index (χ1v) is 27.5. The van der Waals surface area contributed by atoms with Gasteiger partial charge in [0.2, 0.25) is 53.2 Å². The topological polar surface area (TPSA) is 518 Å². The first-order chi connectivity index (χ1) is 40.5. The van der Waals surface area contributed by atoms with Crippen molar-refractivity contribution in [3.63, 3.8) is 0 Å². The summed E-state index contributed by atoms with van der Waals surface area (Å²) >= 11 is 0. The molecule has 1 heterocycles. The molecule has 1 fully saturated rings. The van der Waals surface area contributed by atoms with Crippen molar-refractivity contribution in [3.05, 3.63) is 95.6 Å². The molecule has 4 rings (SSSR count). The number of ether oxygens (including phenoxy) is 1. The third-order valence-corrected chi connectivity index (χ3v) is 13.4. The van der Waals surface area contributed by atoms with Crippen LogP contribution in [-0.4, -0.2) is 156 Å². The highest BCUT2D eigenvalue weighted by atomic mass is 16.6. The van der Waals surface area contributed by atoms with Crippen LogP contribution in [0, 0.1) is 0 Å². The van der Waals surface area contributed by atoms with Crippen molar-refractivity contribution in [2.24, 2.45) is 56.0 Å². The van der Waals surface area contributed by atoms with Gasteiger partial charge in [0.1, 0.15) is 53.8 Å². The third kappa shape index (κ3) is 23.7. The molecule has 1 aliphatic heterocycles. The van der Waals surface area contributed by atoms with Crippen molar-refractivity contribution in [3.8, 4) is 11.5 Å². The Kier molecular flexibility index (Phi) is 27.8. The number of guanidine groups is 2. The van der Waals surface area contributed by atoms with Crippen LogP contribution in [0.3, 0.4) is 0 Å². The summed E-state index contributed by atoms with van der Waals surface area (Å²) in [6.07, 6.45) is -1.60. The second-order valence-corrected chi connectivity index (χ2v) is 20.0. The highest BCUT2D eigenvalue weighted by Crippen LogP contribution is 2.22. The number of carboxylic acids is 1. The summed E-state index contributed by atoms with van der Waals surface area (Å²) in [7, 11) is 0. The maximum Gasteiger partial charge on any atom is 0.326 e. The highest BCUT2D eigenvalue weighted by Gasteiger charge is 2.40. The maximum absolute atomic E-state index is 14.7. The van der Waals surface area contributed by atoms with Crippen LogP contribution in [0.15, 0.2) is 88.8 Å². The highest BCUT2D eigenvalue weighted by molar-refractivity contribution is 5.99. The van der Waals surface area contributed by atoms with E-state index >= 15 is 0 Å². The van der Waals surface area contributed by atoms with Crippen molar-refractivity contribution in [1.29, 1.82) is 0 Å². The average molecular weight is 1190 g/mol. The Balaban J connectivity index is 1.57. The van der Waals surface area contributed by atoms with Gasteiger partial charge in [-0.25, -0.2) is 4.79 Å². The first kappa shape index (κ1) is 67.9. The summed E-state index contributed by atoms with van der Waals surface area (Å²) in [6, 6.07) is 10.1. The van der Waals surface area contributed by atoms with Crippen molar-refractivity contribution >= 4 is 71.1 Å². The minimum atomic E-state index is -1.82. The molecule has 9 amide bonds. The van der Waals surface area contributed by atoms with Crippen LogP contribution >= 0.6 is 0 Å². The summed E-state index contributed by atoms with van der Waals surface area (Å²) in [5.74, 6) is -4.00. The van der Waals surface area contributed by atoms with Gasteiger partial charge < -0.3 is 91.6 Å². The molecule has 0 aliphatic carbocycles. The number of amides is 9. The van der Waals surface area contributed by atoms with E-state index in [9.17, 15) is 53.1 Å². The lowest BCUT2D eigenvalue weighted by molar-refractivity contribution is -0.144. The molecule has 462 valence electrons. The number of primary amides is 2. The number of carbonyl (C=O) groups is 10. The zero-order valence-corrected chi connectivity index (χ0v) is 47.2. The third-order valence-electron chi connectivity index (χ3n) is 13.4. The summed E-state index contributed by atoms with van der Waals surface area (Å²) in [4.78, 5) is 150. The number of hydrogen-bond donors (Lipinski definition) is 15. The van der Waals surface area contributed by atoms with Crippen LogP contribution in [0.1, 0.15) is 81.4 Å². The molecule has 0 aromatic heterocycles. The van der Waals surface area contributed by atoms with Gasteiger partial charge in [0.25, 0.3) is 0 Å². The molecule has 0 radical (unpaired) electrons. The molecule has 3 aromatic rings. The van der Waals surface area contributed by atoms with E-state index in [4.69, 9.17) is 50.8 Å². The minimum Gasteiger partial charge on any atom is -0.494 e. The van der Waals surface area contributed by atoms with E-state index in [0.29, 0.717) is 34.8 Å². The Bertz CT molecular complexity index is 2820. The van der Waals surface area contributed by atoms with Crippen molar-refractivity contribution in [2.45, 2.75) is 132 Å². The standard InChI is InChI=1S/C55H79N17O13/c1-2-84-34-18-14-32(15-19-34)27-36(56)46(75)69-40(28-31-9-4-3-5-10-31)49(78)66-38(22-23-44(57)73)48(77)70-41(30-45(58)74)50(79)68-39(12-7-25-65-55(61)62)52(81)72-26-8-13-43(72)51(80)67-37(11-6-24-64-54(59)60)47(76)71-42(53(82)83)29-33-16-20-35(85-63)21-17-33/h3-5,9-10,14-21,36-43H,2,6-8,11-13,22-30,56,63H2,1H3,(H2,57,73)(H2,58,74)(H,66,78)(H,67,80)(H,68,79)(H,69,75)(H,70,77)(H,71,76)(H,82,83)(H4,59,60,64)(H4,61,62,65)/t36-,37+,38+,39+,40+,41+,42+,43+/m1/s1. The monoisotopic (exact) mass is 1190 g/mol. The van der Waals surface area contributed by atoms with Gasteiger partial charge in [0.15, 0.2) is 11.9 Å². The lowest BCUT2D eigenvalue weighted by atomic mass is 10.0. The number of aliphatic carboxylic acids is 1. The zero-order valence-electron chi connectivity index (χ0n) is 47.2. The number of carbonyl (C=O) groups excluding carboxylic acids is 9. The normalized spacial score (nSPS) is 15.1. The molecular weight excluding hydrogens is 1110 g/mol. The summed E-state index contributed by atoms with van der Waals surface area (Å²) in [5, 5.41) is 25.4. The fourth-order valence-electron chi connectivity index (χ4n) is 9.07. The number of aliphatic imine (C=N–C) groups is 2. The molecule has 30 heteroatoms. The van der Waals surface area contributed by atoms with Crippen molar-refractivity contribution in [1.82, 2.24) is 36.8 Å². The molecule has 1 aliphatic rings. The second-order valence-electron chi connectivity index (χ2n) is 20.0. The largest absolute Gasteiger partial charge is 0.494 e. The van der Waals surface area contributed by atoms with Crippen molar-refractivity contribution in [2.75, 3.05) is 26.2 Å². The Hall–Kier alpha value is -9.58. The molecule has 0 unspecified atom stereocenters. The van der Waals surface area contributed by atoms with Gasteiger partial charge in [-0.2, -0.15) is 5.90 Å². The Labute approximate surface area is 490 Å². The summed E-state index contributed by atoms with van der Waals surface area (Å²) in [5.41, 5.74) is 41.2. The second kappa shape index (κ2) is 34.8. The SMILES string of the molecule is CCOc1ccc(C[C@@H](N)C(=O)N[C@@H](Cc2ccccc2)C(=O)N[C@@H](CCC(N)=O)C(=O)N[C@@H](CC(N)=O)C(=O)N[C@@H](CCCN=C(N)N)C(=O)N2CCC[C@H]2C(=O)N[C@@H](CCCN=C(N)N)C(=O)N[C@@H](Cc2ccc(ON)cc2)C(=O)O)cc1. The van der Waals surface area contributed by atoms with E-state index in [-0.39, 0.29) is 89.3 Å². The lowest BCUT2D eigenvalue weighted by Crippen LogP contribution is -2.60. The zero-order chi connectivity index (χ0) is 62.6. The quantitative estimate of drug-likeness (QED) is 0.0114. The molecule has 8 atom stereocenters. The molecule has 30 nitrogen and oxygen atoms in total. The van der Waals surface area contributed by atoms with Crippen LogP contribution < -0.4 is 87.5 Å². The Morgan fingerprint density at radius 1 is 0.576 bits per heavy atom. The van der Waals surface area contributed by atoms with Crippen LogP contribution in [0.4, 0.5) is 0 Å². The fraction of sp³-hybridized carbons (Fsp3) is 0.455. The van der Waals surface area contributed by atoms with E-state index < -0.39 is 127 Å². The van der Waals surface area contributed by atoms with Gasteiger partial charge in [0, 0.05) is 38.9 Å².